The molecule has 1 saturated carbocycles. The largest absolute Gasteiger partial charge is 0.490 e. The molecule has 3 aromatic rings. The lowest BCUT2D eigenvalue weighted by molar-refractivity contribution is -0.385. The van der Waals surface area contributed by atoms with E-state index in [1.54, 1.807) is 4.90 Å². The highest BCUT2D eigenvalue weighted by Crippen LogP contribution is 2.31. The van der Waals surface area contributed by atoms with Crippen molar-refractivity contribution in [2.45, 2.75) is 50.7 Å². The van der Waals surface area contributed by atoms with Gasteiger partial charge in [-0.05, 0) is 42.2 Å². The van der Waals surface area contributed by atoms with Gasteiger partial charge in [-0.3, -0.25) is 19.7 Å². The first kappa shape index (κ1) is 29.1. The number of hydrogen-bond donors (Lipinski definition) is 1. The number of benzene rings is 3. The molecule has 1 N–H and O–H groups in total. The number of ether oxygens (including phenoxy) is 2. The van der Waals surface area contributed by atoms with E-state index in [0.29, 0.717) is 6.42 Å². The van der Waals surface area contributed by atoms with Crippen molar-refractivity contribution in [3.8, 4) is 11.5 Å². The maximum atomic E-state index is 13.8. The summed E-state index contributed by atoms with van der Waals surface area (Å²) in [5, 5.41) is 14.4. The van der Waals surface area contributed by atoms with Gasteiger partial charge < -0.3 is 19.7 Å². The van der Waals surface area contributed by atoms with Crippen molar-refractivity contribution in [1.82, 2.24) is 10.2 Å². The first-order chi connectivity index (χ1) is 19.3. The number of halogens is 1. The Bertz CT molecular complexity index is 1310. The van der Waals surface area contributed by atoms with Gasteiger partial charge in [0, 0.05) is 35.6 Å². The molecule has 1 aliphatic rings. The summed E-state index contributed by atoms with van der Waals surface area (Å²) in [5.74, 6) is -0.310. The van der Waals surface area contributed by atoms with Crippen molar-refractivity contribution in [3.05, 3.63) is 98.5 Å². The minimum atomic E-state index is -0.769. The Hall–Kier alpha value is -3.92. The number of methoxy groups -OCH3 is 1. The zero-order valence-electron chi connectivity index (χ0n) is 22.3. The fourth-order valence-electron chi connectivity index (χ4n) is 4.83. The molecule has 40 heavy (non-hydrogen) atoms. The monoisotopic (exact) mass is 609 g/mol. The zero-order chi connectivity index (χ0) is 28.5. The number of nitro groups is 1. The van der Waals surface area contributed by atoms with E-state index in [4.69, 9.17) is 9.47 Å². The van der Waals surface area contributed by atoms with Crippen molar-refractivity contribution in [3.63, 3.8) is 0 Å². The van der Waals surface area contributed by atoms with Gasteiger partial charge >= 0.3 is 5.69 Å². The minimum absolute atomic E-state index is 0.0274. The summed E-state index contributed by atoms with van der Waals surface area (Å²) in [7, 11) is 1.33. The number of amides is 2. The zero-order valence-corrected chi connectivity index (χ0v) is 23.8. The fraction of sp³-hybridized carbons (Fsp3) is 0.333. The first-order valence-electron chi connectivity index (χ1n) is 13.2. The van der Waals surface area contributed by atoms with E-state index in [9.17, 15) is 19.7 Å². The molecule has 210 valence electrons. The molecule has 2 amide bonds. The predicted molar refractivity (Wildman–Crippen MR) is 154 cm³/mol. The standard InChI is InChI=1S/C30H32BrN3O6/c1-39-28-18-25(15-16-26(28)34(37)38)40-20-29(35)33(19-22-11-13-23(31)14-12-22)27(17-21-7-3-2-4-8-21)30(36)32-24-9-5-6-10-24/h2-4,7-8,11-16,18,24,27H,5-6,9-10,17,19-20H2,1H3,(H,32,36)/t27-/m1/s1. The topological polar surface area (TPSA) is 111 Å². The normalized spacial score (nSPS) is 13.8. The van der Waals surface area contributed by atoms with Crippen LogP contribution in [-0.2, 0) is 22.6 Å². The molecule has 1 fully saturated rings. The van der Waals surface area contributed by atoms with Crippen LogP contribution in [0.2, 0.25) is 0 Å². The van der Waals surface area contributed by atoms with Crippen LogP contribution < -0.4 is 14.8 Å². The maximum Gasteiger partial charge on any atom is 0.311 e. The summed E-state index contributed by atoms with van der Waals surface area (Å²) in [6.07, 6.45) is 4.34. The number of carbonyl (C=O) groups excluding carboxylic acids is 2. The molecular formula is C30H32BrN3O6. The van der Waals surface area contributed by atoms with Gasteiger partial charge in [-0.2, -0.15) is 0 Å². The molecule has 10 heteroatoms. The molecule has 0 aliphatic heterocycles. The summed E-state index contributed by atoms with van der Waals surface area (Å²) < 4.78 is 11.8. The summed E-state index contributed by atoms with van der Waals surface area (Å²) in [4.78, 5) is 39.7. The Kier molecular flexibility index (Phi) is 10.1. The highest BCUT2D eigenvalue weighted by Gasteiger charge is 2.32. The van der Waals surface area contributed by atoms with Gasteiger partial charge in [0.15, 0.2) is 6.61 Å². The quantitative estimate of drug-likeness (QED) is 0.216. The van der Waals surface area contributed by atoms with Crippen LogP contribution in [0.1, 0.15) is 36.8 Å². The Morgan fingerprint density at radius 3 is 2.40 bits per heavy atom. The molecule has 3 aromatic carbocycles. The van der Waals surface area contributed by atoms with E-state index in [1.165, 1.54) is 25.3 Å². The number of nitrogens with zero attached hydrogens (tertiary/aromatic N) is 2. The van der Waals surface area contributed by atoms with Gasteiger partial charge in [-0.1, -0.05) is 71.2 Å². The lowest BCUT2D eigenvalue weighted by Crippen LogP contribution is -2.53. The molecule has 9 nitrogen and oxygen atoms in total. The summed E-state index contributed by atoms with van der Waals surface area (Å²) in [5.41, 5.74) is 1.59. The van der Waals surface area contributed by atoms with Crippen molar-refractivity contribution in [1.29, 1.82) is 0 Å². The fourth-order valence-corrected chi connectivity index (χ4v) is 5.10. The second kappa shape index (κ2) is 13.9. The van der Waals surface area contributed by atoms with Crippen LogP contribution in [0.25, 0.3) is 0 Å². The van der Waals surface area contributed by atoms with Gasteiger partial charge in [-0.15, -0.1) is 0 Å². The van der Waals surface area contributed by atoms with E-state index in [0.717, 1.165) is 41.3 Å². The van der Waals surface area contributed by atoms with Gasteiger partial charge in [-0.25, -0.2) is 0 Å². The molecule has 0 saturated heterocycles. The van der Waals surface area contributed by atoms with E-state index >= 15 is 0 Å². The number of rotatable bonds is 12. The molecule has 0 heterocycles. The van der Waals surface area contributed by atoms with Crippen molar-refractivity contribution >= 4 is 33.4 Å². The molecule has 1 atom stereocenters. The third kappa shape index (κ3) is 7.81. The predicted octanol–water partition coefficient (Wildman–Crippen LogP) is 5.44. The molecule has 0 unspecified atom stereocenters. The highest BCUT2D eigenvalue weighted by atomic mass is 79.9. The molecule has 0 bridgehead atoms. The second-order valence-corrected chi connectivity index (χ2v) is 10.6. The van der Waals surface area contributed by atoms with Gasteiger partial charge in [0.1, 0.15) is 11.8 Å². The number of carbonyl (C=O) groups is 2. The van der Waals surface area contributed by atoms with Crippen LogP contribution in [-0.4, -0.2) is 47.4 Å². The summed E-state index contributed by atoms with van der Waals surface area (Å²) in [6, 6.07) is 20.6. The van der Waals surface area contributed by atoms with E-state index in [-0.39, 0.29) is 48.2 Å². The van der Waals surface area contributed by atoms with Gasteiger partial charge in [0.25, 0.3) is 5.91 Å². The van der Waals surface area contributed by atoms with Crippen molar-refractivity contribution in [2.24, 2.45) is 0 Å². The lowest BCUT2D eigenvalue weighted by atomic mass is 10.0. The lowest BCUT2D eigenvalue weighted by Gasteiger charge is -2.32. The molecule has 1 aliphatic carbocycles. The Balaban J connectivity index is 1.61. The molecular weight excluding hydrogens is 578 g/mol. The Morgan fingerprint density at radius 2 is 1.75 bits per heavy atom. The minimum Gasteiger partial charge on any atom is -0.490 e. The van der Waals surface area contributed by atoms with E-state index in [1.807, 2.05) is 54.6 Å². The first-order valence-corrected chi connectivity index (χ1v) is 14.0. The molecule has 4 rings (SSSR count). The van der Waals surface area contributed by atoms with E-state index in [2.05, 4.69) is 21.2 Å². The third-order valence-electron chi connectivity index (χ3n) is 6.95. The third-order valence-corrected chi connectivity index (χ3v) is 7.48. The molecule has 0 aromatic heterocycles. The van der Waals surface area contributed by atoms with Crippen LogP contribution in [0.5, 0.6) is 11.5 Å². The van der Waals surface area contributed by atoms with Crippen molar-refractivity contribution < 1.29 is 24.0 Å². The van der Waals surface area contributed by atoms with Gasteiger partial charge in [0.2, 0.25) is 11.7 Å². The van der Waals surface area contributed by atoms with Crippen LogP contribution in [0.4, 0.5) is 5.69 Å². The summed E-state index contributed by atoms with van der Waals surface area (Å²) in [6.45, 7) is -0.159. The van der Waals surface area contributed by atoms with Crippen LogP contribution >= 0.6 is 15.9 Å². The Morgan fingerprint density at radius 1 is 1.05 bits per heavy atom. The second-order valence-electron chi connectivity index (χ2n) is 9.72. The molecule has 0 spiro atoms. The number of nitro benzene ring substituents is 1. The Labute approximate surface area is 241 Å². The van der Waals surface area contributed by atoms with E-state index < -0.39 is 11.0 Å². The SMILES string of the molecule is COc1cc(OCC(=O)N(Cc2ccc(Br)cc2)[C@H](Cc2ccccc2)C(=O)NC2CCCC2)ccc1[N+](=O)[O-]. The number of nitrogens with one attached hydrogen (secondary N) is 1. The average Bonchev–Trinajstić information content (AvgIpc) is 3.47. The van der Waals surface area contributed by atoms with Gasteiger partial charge in [0.05, 0.1) is 12.0 Å². The highest BCUT2D eigenvalue weighted by molar-refractivity contribution is 9.10. The smallest absolute Gasteiger partial charge is 0.311 e. The average molecular weight is 611 g/mol. The van der Waals surface area contributed by atoms with Crippen LogP contribution in [0, 0.1) is 10.1 Å². The van der Waals surface area contributed by atoms with Crippen LogP contribution in [0.15, 0.2) is 77.3 Å². The maximum absolute atomic E-state index is 13.8. The summed E-state index contributed by atoms with van der Waals surface area (Å²) >= 11 is 3.45. The van der Waals surface area contributed by atoms with Crippen LogP contribution in [0.3, 0.4) is 0 Å². The molecule has 0 radical (unpaired) electrons. The van der Waals surface area contributed by atoms with Crippen molar-refractivity contribution in [2.75, 3.05) is 13.7 Å². The number of hydrogen-bond acceptors (Lipinski definition) is 6.